The molecule has 0 unspecified atom stereocenters. The quantitative estimate of drug-likeness (QED) is 0.0214. The molecule has 0 saturated carbocycles. The van der Waals surface area contributed by atoms with Crippen LogP contribution in [0.1, 0.15) is 149 Å². The molecule has 16 atom stereocenters. The molecule has 2 aliphatic heterocycles. The number of likely N-dealkylation sites (tertiary alicyclic amines) is 2. The molecule has 0 aliphatic carbocycles. The van der Waals surface area contributed by atoms with Crippen LogP contribution >= 0.6 is 19.6 Å². The van der Waals surface area contributed by atoms with Crippen LogP contribution in [-0.2, 0) is 92.2 Å². The third-order valence-corrected chi connectivity index (χ3v) is 19.3. The fourth-order valence-electron chi connectivity index (χ4n) is 12.2. The van der Waals surface area contributed by atoms with Crippen molar-refractivity contribution in [3.8, 4) is 0 Å². The molecule has 1 aromatic rings. The zero-order chi connectivity index (χ0) is 83.6. The predicted molar refractivity (Wildman–Crippen MR) is 396 cm³/mol. The van der Waals surface area contributed by atoms with Crippen LogP contribution in [0.3, 0.4) is 0 Å². The molecule has 43 heteroatoms. The molecule has 2 saturated heterocycles. The van der Waals surface area contributed by atoms with E-state index in [0.717, 1.165) is 30.6 Å². The first kappa shape index (κ1) is 96.2. The van der Waals surface area contributed by atoms with Crippen molar-refractivity contribution in [2.75, 3.05) is 38.2 Å². The Bertz CT molecular complexity index is 3410. The number of nitrogens with two attached hydrogens (primary N) is 4. The van der Waals surface area contributed by atoms with Crippen LogP contribution < -0.4 is 76.1 Å². The largest absolute Gasteiger partial charge is 0.481 e. The number of primary amides is 1. The van der Waals surface area contributed by atoms with Crippen LogP contribution in [-0.4, -0.2) is 275 Å². The maximum absolute atomic E-state index is 14.9. The summed E-state index contributed by atoms with van der Waals surface area (Å²) in [7, 11) is -5.59. The topological polar surface area (TPSA) is 672 Å². The molecule has 0 radical (unpaired) electrons. The van der Waals surface area contributed by atoms with Crippen LogP contribution in [0, 0.1) is 5.92 Å². The molecule has 2 aliphatic rings. The number of amides is 13. The lowest BCUT2D eigenvalue weighted by Gasteiger charge is -2.33. The third-order valence-electron chi connectivity index (χ3n) is 18.1. The highest BCUT2D eigenvalue weighted by Crippen LogP contribution is 2.38. The third kappa shape index (κ3) is 33.5. The number of carbonyl (C=O) groups is 16. The van der Waals surface area contributed by atoms with Crippen molar-refractivity contribution in [2.45, 2.75) is 247 Å². The fourth-order valence-corrected chi connectivity index (χ4v) is 13.2. The molecule has 41 nitrogen and oxygen atoms in total. The van der Waals surface area contributed by atoms with Crippen LogP contribution in [0.4, 0.5) is 0 Å². The zero-order valence-electron chi connectivity index (χ0n) is 63.0. The monoisotopic (exact) mass is 1610 g/mol. The van der Waals surface area contributed by atoms with Gasteiger partial charge in [0.15, 0.2) is 0 Å². The summed E-state index contributed by atoms with van der Waals surface area (Å²) < 4.78 is 17.3. The van der Waals surface area contributed by atoms with Crippen molar-refractivity contribution >= 4 is 114 Å². The van der Waals surface area contributed by atoms with Gasteiger partial charge in [-0.3, -0.25) is 76.4 Å². The average molecular weight is 1620 g/mol. The number of carboxylic acids is 3. The number of nitrogens with zero attached hydrogens (tertiary/aromatic N) is 2. The molecule has 1 aromatic carbocycles. The van der Waals surface area contributed by atoms with Gasteiger partial charge in [-0.25, -0.2) is 9.36 Å². The van der Waals surface area contributed by atoms with Gasteiger partial charge in [-0.05, 0) is 141 Å². The second kappa shape index (κ2) is 48.0. The minimum Gasteiger partial charge on any atom is -0.481 e. The number of thioether (sulfide) groups is 1. The van der Waals surface area contributed by atoms with E-state index in [0.29, 0.717) is 37.8 Å². The minimum atomic E-state index is -5.59. The summed E-state index contributed by atoms with van der Waals surface area (Å²) in [4.78, 5) is 240. The maximum atomic E-state index is 14.9. The number of nitrogens with one attached hydrogen (secondary N) is 10. The van der Waals surface area contributed by atoms with Crippen LogP contribution in [0.2, 0.25) is 0 Å². The van der Waals surface area contributed by atoms with E-state index in [1.54, 1.807) is 50.4 Å². The Hall–Kier alpha value is -9.00. The van der Waals surface area contributed by atoms with E-state index >= 15 is 0 Å². The van der Waals surface area contributed by atoms with Crippen molar-refractivity contribution in [1.82, 2.24) is 63.0 Å². The van der Waals surface area contributed by atoms with E-state index < -0.39 is 231 Å². The average Bonchev–Trinajstić information content (AvgIpc) is 1.75. The summed E-state index contributed by atoms with van der Waals surface area (Å²) in [5.41, 5.74) is 23.3. The van der Waals surface area contributed by atoms with Crippen molar-refractivity contribution in [2.24, 2.45) is 28.9 Å². The first-order valence-electron chi connectivity index (χ1n) is 36.5. The number of unbranched alkanes of at least 4 members (excludes halogenated alkanes) is 2. The molecule has 0 spiro atoms. The molecule has 25 N–H and O–H groups in total. The number of aliphatic hydroxyl groups is 2. The van der Waals surface area contributed by atoms with Crippen molar-refractivity contribution in [1.29, 1.82) is 0 Å². The van der Waals surface area contributed by atoms with Gasteiger partial charge in [-0.1, -0.05) is 50.6 Å². The highest BCUT2D eigenvalue weighted by molar-refractivity contribution is 7.98. The smallest absolute Gasteiger partial charge is 0.469 e. The standard InChI is InChI=1S/C68H111N16O25PS/c1-35(2)32-45(60(96)76-44(68(104)105)23-25-51(88)89)77-62(98)48-20-14-29-83(48)66(102)47(34-52(90)91)79-65(101)54(37(4)86)81-63(99)49-21-15-30-84(49)67(103)55(38(5)109-110(106,107)108)82-58(94)42(22-24-50(72)87)74-61(97)46(33-39-16-8-7-9-17-39)78-64(100)53(36(3)85)80-59(95)43(26-31-111-6)75-57(93)41(19-11-13-28-70)73-56(92)40(71)18-10-12-27-69/h7-9,16-17,35-38,40-49,53-55,85-86H,10-15,18-34,69-71H2,1-6H3,(H2,72,87)(H,73,92)(H,74,97)(H,75,93)(H,76,96)(H,77,98)(H,78,100)(H,79,101)(H,80,95)(H,81,99)(H,82,94)(H,88,89)(H,90,91)(H,104,105)(H2,106,107,108)/t36-,37-,38-,40+,41+,42+,43+,44+,45+,46+,47+,48+,49+,53+,54+,55+/m1/s1. The molecular weight excluding hydrogens is 1500 g/mol. The van der Waals surface area contributed by atoms with Gasteiger partial charge in [0.1, 0.15) is 72.5 Å². The normalized spacial score (nSPS) is 18.0. The van der Waals surface area contributed by atoms with Gasteiger partial charge < -0.3 is 121 Å². The summed E-state index contributed by atoms with van der Waals surface area (Å²) >= 11 is 1.30. The summed E-state index contributed by atoms with van der Waals surface area (Å²) in [6, 6.07) is -13.6. The van der Waals surface area contributed by atoms with E-state index in [1.807, 2.05) is 0 Å². The SMILES string of the molecule is CSCC[C@H](NC(=O)[C@H](CCCCN)NC(=O)[C@@H](N)CCCCN)C(=O)N[C@H](C(=O)N[C@@H](Cc1ccccc1)C(=O)N[C@@H](CCC(N)=O)C(=O)N[C@H](C(=O)N1CCC[C@H]1C(=O)N[C@H](C(=O)N[C@@H](CC(=O)O)C(=O)N1CCC[C@H]1C(=O)N[C@@H](CC(C)C)C(=O)N[C@@H](CCC(=O)O)C(=O)O)[C@@H](C)O)[C@@H](C)OP(=O)(O)O)[C@@H](C)O. The Balaban J connectivity index is 1.96. The molecule has 111 heavy (non-hydrogen) atoms. The highest BCUT2D eigenvalue weighted by atomic mass is 32.2. The van der Waals surface area contributed by atoms with Gasteiger partial charge in [-0.2, -0.15) is 11.8 Å². The van der Waals surface area contributed by atoms with Crippen LogP contribution in [0.5, 0.6) is 0 Å². The Morgan fingerprint density at radius 1 is 0.523 bits per heavy atom. The molecular formula is C68H111N16O25PS. The number of rotatable bonds is 51. The Morgan fingerprint density at radius 2 is 0.973 bits per heavy atom. The summed E-state index contributed by atoms with van der Waals surface area (Å²) in [5, 5.41) is 74.9. The second-order valence-corrected chi connectivity index (χ2v) is 29.9. The summed E-state index contributed by atoms with van der Waals surface area (Å²) in [6.07, 6.45) is -5.73. The number of hydrogen-bond acceptors (Lipinski definition) is 24. The Morgan fingerprint density at radius 3 is 1.48 bits per heavy atom. The highest BCUT2D eigenvalue weighted by Gasteiger charge is 2.46. The number of carboxylic acid groups (broad SMARTS) is 3. The molecule has 0 bridgehead atoms. The fraction of sp³-hybridized carbons (Fsp3) is 0.676. The molecule has 0 aromatic heterocycles. The van der Waals surface area contributed by atoms with E-state index in [1.165, 1.54) is 11.8 Å². The van der Waals surface area contributed by atoms with Gasteiger partial charge in [0.05, 0.1) is 30.8 Å². The lowest BCUT2D eigenvalue weighted by molar-refractivity contribution is -0.147. The number of hydrogen-bond donors (Lipinski definition) is 21. The first-order chi connectivity index (χ1) is 52.1. The predicted octanol–water partition coefficient (Wildman–Crippen LogP) is -5.61. The lowest BCUT2D eigenvalue weighted by atomic mass is 10.0. The Labute approximate surface area is 645 Å². The number of aliphatic hydroxyl groups excluding tert-OH is 2. The number of aliphatic carboxylic acids is 3. The van der Waals surface area contributed by atoms with Crippen molar-refractivity contribution in [3.05, 3.63) is 35.9 Å². The van der Waals surface area contributed by atoms with Crippen LogP contribution in [0.25, 0.3) is 0 Å². The molecule has 624 valence electrons. The van der Waals surface area contributed by atoms with E-state index in [-0.39, 0.29) is 89.1 Å². The second-order valence-electron chi connectivity index (χ2n) is 27.7. The summed E-state index contributed by atoms with van der Waals surface area (Å²) in [5.74, 6) is -18.6. The van der Waals surface area contributed by atoms with Gasteiger partial charge in [0.2, 0.25) is 76.8 Å². The van der Waals surface area contributed by atoms with E-state index in [9.17, 15) is 111 Å². The van der Waals surface area contributed by atoms with Gasteiger partial charge in [-0.15, -0.1) is 0 Å². The van der Waals surface area contributed by atoms with E-state index in [2.05, 4.69) is 53.2 Å². The van der Waals surface area contributed by atoms with Gasteiger partial charge >= 0.3 is 25.7 Å². The zero-order valence-corrected chi connectivity index (χ0v) is 64.7. The first-order valence-corrected chi connectivity index (χ1v) is 39.5. The number of carbonyl (C=O) groups excluding carboxylic acids is 13. The molecule has 2 fully saturated rings. The lowest BCUT2D eigenvalue weighted by Crippen LogP contribution is -2.63. The number of phosphoric acid groups is 1. The van der Waals surface area contributed by atoms with Gasteiger partial charge in [0, 0.05) is 32.4 Å². The number of phosphoric ester groups is 1. The van der Waals surface area contributed by atoms with Crippen molar-refractivity contribution < 1.29 is 121 Å². The van der Waals surface area contributed by atoms with Gasteiger partial charge in [0.25, 0.3) is 0 Å². The Kier molecular flexibility index (Phi) is 41.6. The minimum absolute atomic E-state index is 0.00730. The number of benzene rings is 1. The summed E-state index contributed by atoms with van der Waals surface area (Å²) in [6.45, 7) is 6.54. The van der Waals surface area contributed by atoms with Crippen LogP contribution in [0.15, 0.2) is 30.3 Å². The molecule has 13 amide bonds. The molecule has 3 rings (SSSR count). The maximum Gasteiger partial charge on any atom is 0.469 e. The van der Waals surface area contributed by atoms with Crippen molar-refractivity contribution in [3.63, 3.8) is 0 Å². The van der Waals surface area contributed by atoms with E-state index in [4.69, 9.17) is 32.6 Å². The molecule has 2 heterocycles.